The molecule has 5 rings (SSSR count). The van der Waals surface area contributed by atoms with Crippen molar-refractivity contribution in [2.75, 3.05) is 25.4 Å². The van der Waals surface area contributed by atoms with Crippen LogP contribution in [0.3, 0.4) is 0 Å². The van der Waals surface area contributed by atoms with E-state index in [4.69, 9.17) is 0 Å². The topological polar surface area (TPSA) is 81.0 Å². The summed E-state index contributed by atoms with van der Waals surface area (Å²) in [6.45, 7) is 3.37. The quantitative estimate of drug-likeness (QED) is 0.310. The highest BCUT2D eigenvalue weighted by Crippen LogP contribution is 2.52. The van der Waals surface area contributed by atoms with E-state index in [1.54, 1.807) is 10.7 Å². The average molecular weight is 493 g/mol. The van der Waals surface area contributed by atoms with Crippen LogP contribution in [-0.4, -0.2) is 56.0 Å². The normalized spacial score (nSPS) is 18.3. The van der Waals surface area contributed by atoms with Crippen LogP contribution in [-0.2, 0) is 15.5 Å². The van der Waals surface area contributed by atoms with Gasteiger partial charge in [-0.25, -0.2) is 4.39 Å². The number of nitrogens with zero attached hydrogens (tertiary/aromatic N) is 5. The average Bonchev–Trinajstić information content (AvgIpc) is 3.37. The van der Waals surface area contributed by atoms with Gasteiger partial charge in [0, 0.05) is 48.7 Å². The lowest BCUT2D eigenvalue weighted by atomic mass is 10.1. The molecule has 0 N–H and O–H groups in total. The number of rotatable bonds is 4. The first-order chi connectivity index (χ1) is 16.1. The van der Waals surface area contributed by atoms with Gasteiger partial charge in [-0.1, -0.05) is 6.58 Å². The highest BCUT2D eigenvalue weighted by atomic mass is 31.2. The molecule has 0 radical (unpaired) electrons. The van der Waals surface area contributed by atoms with Gasteiger partial charge in [-0.15, -0.1) is 0 Å². The van der Waals surface area contributed by atoms with Gasteiger partial charge in [0.2, 0.25) is 0 Å². The number of aromatic nitrogens is 4. The number of fused-ring (bicyclic) bond motifs is 1. The van der Waals surface area contributed by atoms with E-state index in [2.05, 4.69) is 21.6 Å². The van der Waals surface area contributed by atoms with Crippen LogP contribution in [0.2, 0.25) is 0 Å². The van der Waals surface area contributed by atoms with Crippen LogP contribution in [0.25, 0.3) is 22.3 Å². The van der Waals surface area contributed by atoms with E-state index in [1.165, 1.54) is 17.2 Å². The molecule has 2 fully saturated rings. The number of carbonyl (C=O) groups is 1. The zero-order chi connectivity index (χ0) is 24.3. The number of pyridine rings is 2. The minimum absolute atomic E-state index is 0.169. The Balaban J connectivity index is 1.63. The molecular weight excluding hydrogens is 473 g/mol. The Bertz CT molecular complexity index is 1340. The van der Waals surface area contributed by atoms with Gasteiger partial charge in [-0.2, -0.15) is 18.3 Å². The van der Waals surface area contributed by atoms with Crippen LogP contribution in [0.5, 0.6) is 0 Å². The van der Waals surface area contributed by atoms with E-state index in [9.17, 15) is 26.9 Å². The molecule has 7 nitrogen and oxygen atoms in total. The molecule has 0 atom stereocenters. The molecule has 3 aromatic rings. The largest absolute Gasteiger partial charge is 0.433 e. The Labute approximate surface area is 191 Å². The molecule has 3 aromatic heterocycles. The second-order valence-corrected chi connectivity index (χ2v) is 11.7. The molecule has 178 valence electrons. The third-order valence-corrected chi connectivity index (χ3v) is 9.66. The number of amides is 1. The Hall–Kier alpha value is -3.07. The molecule has 2 aliphatic rings. The van der Waals surface area contributed by atoms with Crippen LogP contribution in [0.15, 0.2) is 43.0 Å². The highest BCUT2D eigenvalue weighted by molar-refractivity contribution is 7.72. The molecule has 0 unspecified atom stereocenters. The van der Waals surface area contributed by atoms with Crippen molar-refractivity contribution >= 4 is 29.4 Å². The third-order valence-electron chi connectivity index (χ3n) is 6.35. The van der Waals surface area contributed by atoms with Gasteiger partial charge in [0.25, 0.3) is 5.91 Å². The molecule has 0 aliphatic carbocycles. The lowest BCUT2D eigenvalue weighted by Crippen LogP contribution is -2.51. The summed E-state index contributed by atoms with van der Waals surface area (Å²) >= 11 is 0. The summed E-state index contributed by atoms with van der Waals surface area (Å²) in [5.74, 6) is -1.86. The van der Waals surface area contributed by atoms with E-state index in [0.717, 1.165) is 25.1 Å². The van der Waals surface area contributed by atoms with Crippen molar-refractivity contribution in [3.63, 3.8) is 0 Å². The Morgan fingerprint density at radius 3 is 2.41 bits per heavy atom. The van der Waals surface area contributed by atoms with Gasteiger partial charge >= 0.3 is 6.18 Å². The van der Waals surface area contributed by atoms with Gasteiger partial charge in [0.1, 0.15) is 24.0 Å². The van der Waals surface area contributed by atoms with Crippen molar-refractivity contribution in [1.82, 2.24) is 24.6 Å². The predicted molar refractivity (Wildman–Crippen MR) is 118 cm³/mol. The number of likely N-dealkylation sites (tertiary alicyclic amines) is 1. The third kappa shape index (κ3) is 3.72. The van der Waals surface area contributed by atoms with Crippen molar-refractivity contribution in [3.8, 4) is 11.3 Å². The SMILES string of the molecule is C=C(F)C(=O)N1CC(n2nc(-c3ccc(C(F)(F)F)nc3)c3nccc(P4(=O)CCCC4)c32)C1. The Morgan fingerprint density at radius 1 is 1.12 bits per heavy atom. The molecule has 34 heavy (non-hydrogen) atoms. The van der Waals surface area contributed by atoms with Crippen molar-refractivity contribution < 1.29 is 26.9 Å². The first kappa shape index (κ1) is 22.7. The van der Waals surface area contributed by atoms with Crippen molar-refractivity contribution in [2.45, 2.75) is 25.1 Å². The Kier molecular flexibility index (Phi) is 5.35. The van der Waals surface area contributed by atoms with E-state index in [0.29, 0.717) is 39.9 Å². The smallest absolute Gasteiger partial charge is 0.332 e. The molecule has 5 heterocycles. The summed E-state index contributed by atoms with van der Waals surface area (Å²) in [4.78, 5) is 21.1. The summed E-state index contributed by atoms with van der Waals surface area (Å²) in [7, 11) is -2.70. The zero-order valence-corrected chi connectivity index (χ0v) is 18.8. The van der Waals surface area contributed by atoms with E-state index in [-0.39, 0.29) is 19.1 Å². The summed E-state index contributed by atoms with van der Waals surface area (Å²) in [5, 5.41) is 5.27. The van der Waals surface area contributed by atoms with Crippen molar-refractivity contribution in [2.24, 2.45) is 0 Å². The van der Waals surface area contributed by atoms with Gasteiger partial charge in [-0.05, 0) is 31.0 Å². The first-order valence-corrected chi connectivity index (χ1v) is 12.8. The summed E-state index contributed by atoms with van der Waals surface area (Å²) in [5.41, 5.74) is 0.558. The van der Waals surface area contributed by atoms with Crippen LogP contribution < -0.4 is 5.30 Å². The van der Waals surface area contributed by atoms with Crippen molar-refractivity contribution in [1.29, 1.82) is 0 Å². The van der Waals surface area contributed by atoms with Crippen LogP contribution in [0.1, 0.15) is 24.6 Å². The second-order valence-electron chi connectivity index (χ2n) is 8.56. The minimum atomic E-state index is -4.57. The molecule has 1 amide bonds. The van der Waals surface area contributed by atoms with Gasteiger partial charge in [0.05, 0.1) is 11.6 Å². The zero-order valence-electron chi connectivity index (χ0n) is 17.9. The lowest BCUT2D eigenvalue weighted by molar-refractivity contribution is -0.141. The predicted octanol–water partition coefficient (Wildman–Crippen LogP) is 4.16. The number of hydrogen-bond acceptors (Lipinski definition) is 5. The number of carbonyl (C=O) groups excluding carboxylic acids is 1. The molecule has 0 spiro atoms. The fraction of sp³-hybridized carbons (Fsp3) is 0.364. The molecule has 0 bridgehead atoms. The maximum absolute atomic E-state index is 13.7. The van der Waals surface area contributed by atoms with Crippen LogP contribution in [0.4, 0.5) is 17.6 Å². The standard InChI is InChI=1S/C22H20F4N5O2P/c1-13(23)21(32)30-11-15(12-30)31-20-16(34(33)8-2-3-9-34)6-7-27-19(20)18(29-31)14-4-5-17(28-10-14)22(24,25)26/h4-7,10,15H,1-3,8-9,11-12H2. The molecule has 2 aliphatic heterocycles. The summed E-state index contributed by atoms with van der Waals surface area (Å²) < 4.78 is 67.6. The number of alkyl halides is 3. The molecule has 2 saturated heterocycles. The van der Waals surface area contributed by atoms with Gasteiger partial charge in [0.15, 0.2) is 5.83 Å². The molecule has 0 aromatic carbocycles. The number of hydrogen-bond donors (Lipinski definition) is 0. The van der Waals surface area contributed by atoms with Crippen LogP contribution in [0, 0.1) is 0 Å². The van der Waals surface area contributed by atoms with Gasteiger partial charge in [-0.3, -0.25) is 19.4 Å². The maximum atomic E-state index is 13.7. The minimum Gasteiger partial charge on any atom is -0.332 e. The Morgan fingerprint density at radius 2 is 1.82 bits per heavy atom. The first-order valence-electron chi connectivity index (χ1n) is 10.7. The molecule has 0 saturated carbocycles. The monoisotopic (exact) mass is 493 g/mol. The van der Waals surface area contributed by atoms with Gasteiger partial charge < -0.3 is 9.46 Å². The molecule has 12 heteroatoms. The van der Waals surface area contributed by atoms with Crippen LogP contribution >= 0.6 is 7.14 Å². The summed E-state index contributed by atoms with van der Waals surface area (Å²) in [6, 6.07) is 3.53. The second kappa shape index (κ2) is 8.01. The van der Waals surface area contributed by atoms with E-state index in [1.807, 2.05) is 0 Å². The molecular formula is C22H20F4N5O2P. The summed E-state index contributed by atoms with van der Waals surface area (Å²) in [6.07, 6.45) is 0.855. The highest BCUT2D eigenvalue weighted by Gasteiger charge is 2.39. The maximum Gasteiger partial charge on any atom is 0.433 e. The van der Waals surface area contributed by atoms with Crippen molar-refractivity contribution in [3.05, 3.63) is 48.7 Å². The van der Waals surface area contributed by atoms with E-state index < -0.39 is 30.7 Å². The lowest BCUT2D eigenvalue weighted by Gasteiger charge is -2.39. The fourth-order valence-corrected chi connectivity index (χ4v) is 7.68. The number of halogens is 4. The fourth-order valence-electron chi connectivity index (χ4n) is 4.57. The van der Waals surface area contributed by atoms with E-state index >= 15 is 0 Å².